The lowest BCUT2D eigenvalue weighted by molar-refractivity contribution is -0.132. The molecule has 23 heavy (non-hydrogen) atoms. The Morgan fingerprint density at radius 1 is 1.13 bits per heavy atom. The Bertz CT molecular complexity index is 712. The molecule has 0 N–H and O–H groups in total. The molecule has 1 fully saturated rings. The van der Waals surface area contributed by atoms with Gasteiger partial charge < -0.3 is 4.90 Å². The molecule has 1 aromatic carbocycles. The lowest BCUT2D eigenvalue weighted by atomic mass is 10.0. The van der Waals surface area contributed by atoms with Crippen molar-refractivity contribution >= 4 is 15.9 Å². The van der Waals surface area contributed by atoms with Crippen LogP contribution in [0.5, 0.6) is 0 Å². The second kappa shape index (κ2) is 6.24. The van der Waals surface area contributed by atoms with Crippen LogP contribution in [0.15, 0.2) is 11.0 Å². The fourth-order valence-electron chi connectivity index (χ4n) is 3.26. The molecule has 1 amide bonds. The van der Waals surface area contributed by atoms with Crippen molar-refractivity contribution in [3.63, 3.8) is 0 Å². The topological polar surface area (TPSA) is 57.7 Å². The van der Waals surface area contributed by atoms with E-state index in [1.807, 2.05) is 33.8 Å². The van der Waals surface area contributed by atoms with E-state index >= 15 is 0 Å². The Hall–Kier alpha value is -1.40. The van der Waals surface area contributed by atoms with Crippen LogP contribution in [0.4, 0.5) is 0 Å². The number of hydrogen-bond acceptors (Lipinski definition) is 3. The van der Waals surface area contributed by atoms with Gasteiger partial charge in [-0.1, -0.05) is 6.07 Å². The van der Waals surface area contributed by atoms with Crippen molar-refractivity contribution in [3.8, 4) is 0 Å². The van der Waals surface area contributed by atoms with Crippen LogP contribution in [-0.2, 0) is 14.8 Å². The highest BCUT2D eigenvalue weighted by molar-refractivity contribution is 7.89. The van der Waals surface area contributed by atoms with E-state index in [-0.39, 0.29) is 5.91 Å². The van der Waals surface area contributed by atoms with Gasteiger partial charge in [-0.05, 0) is 62.8 Å². The molecular formula is C17H26N2O3S. The van der Waals surface area contributed by atoms with Gasteiger partial charge in [0.1, 0.15) is 6.04 Å². The molecule has 0 radical (unpaired) electrons. The third kappa shape index (κ3) is 3.02. The third-order valence-electron chi connectivity index (χ3n) is 4.79. The molecule has 0 spiro atoms. The summed E-state index contributed by atoms with van der Waals surface area (Å²) < 4.78 is 27.9. The Labute approximate surface area is 139 Å². The zero-order valence-corrected chi connectivity index (χ0v) is 15.6. The molecule has 0 aliphatic carbocycles. The molecule has 128 valence electrons. The van der Waals surface area contributed by atoms with Gasteiger partial charge in [0.15, 0.2) is 0 Å². The summed E-state index contributed by atoms with van der Waals surface area (Å²) in [6, 6.07) is 1.42. The first-order chi connectivity index (χ1) is 10.6. The molecule has 1 saturated heterocycles. The minimum Gasteiger partial charge on any atom is -0.347 e. The highest BCUT2D eigenvalue weighted by Gasteiger charge is 2.41. The van der Waals surface area contributed by atoms with E-state index in [1.54, 1.807) is 14.1 Å². The maximum Gasteiger partial charge on any atom is 0.244 e. The maximum atomic E-state index is 13.3. The van der Waals surface area contributed by atoms with Crippen molar-refractivity contribution in [2.24, 2.45) is 0 Å². The minimum absolute atomic E-state index is 0.147. The summed E-state index contributed by atoms with van der Waals surface area (Å²) in [5.74, 6) is -0.147. The van der Waals surface area contributed by atoms with Gasteiger partial charge in [0, 0.05) is 20.6 Å². The molecule has 0 bridgehead atoms. The molecule has 6 heteroatoms. The average Bonchev–Trinajstić information content (AvgIpc) is 2.94. The van der Waals surface area contributed by atoms with Gasteiger partial charge in [0.2, 0.25) is 15.9 Å². The van der Waals surface area contributed by atoms with Crippen LogP contribution in [0.2, 0.25) is 0 Å². The molecule has 1 unspecified atom stereocenters. The third-order valence-corrected chi connectivity index (χ3v) is 6.98. The Kier molecular flexibility index (Phi) is 4.87. The summed E-state index contributed by atoms with van der Waals surface area (Å²) in [5.41, 5.74) is 3.47. The summed E-state index contributed by atoms with van der Waals surface area (Å²) in [7, 11) is -0.356. The number of benzene rings is 1. The van der Waals surface area contributed by atoms with E-state index in [0.717, 1.165) is 22.3 Å². The van der Waals surface area contributed by atoms with E-state index in [2.05, 4.69) is 0 Å². The number of sulfonamides is 1. The van der Waals surface area contributed by atoms with Gasteiger partial charge in [-0.3, -0.25) is 4.79 Å². The second-order valence-electron chi connectivity index (χ2n) is 6.60. The monoisotopic (exact) mass is 338 g/mol. The number of hydrogen-bond donors (Lipinski definition) is 0. The first kappa shape index (κ1) is 17.9. The Morgan fingerprint density at radius 3 is 2.13 bits per heavy atom. The van der Waals surface area contributed by atoms with Crippen molar-refractivity contribution in [3.05, 3.63) is 28.3 Å². The average molecular weight is 338 g/mol. The van der Waals surface area contributed by atoms with Crippen LogP contribution < -0.4 is 0 Å². The number of aryl methyl sites for hydroxylation is 2. The lowest BCUT2D eigenvalue weighted by Crippen LogP contribution is -2.45. The smallest absolute Gasteiger partial charge is 0.244 e. The maximum absolute atomic E-state index is 13.3. The van der Waals surface area contributed by atoms with Crippen LogP contribution in [-0.4, -0.2) is 50.2 Å². The summed E-state index contributed by atoms with van der Waals surface area (Å²) in [5, 5.41) is 0. The van der Waals surface area contributed by atoms with Crippen molar-refractivity contribution in [2.75, 3.05) is 20.6 Å². The van der Waals surface area contributed by atoms with Gasteiger partial charge in [-0.25, -0.2) is 8.42 Å². The highest BCUT2D eigenvalue weighted by Crippen LogP contribution is 2.33. The summed E-state index contributed by atoms with van der Waals surface area (Å²) in [6.07, 6.45) is 1.30. The number of amides is 1. The zero-order valence-electron chi connectivity index (χ0n) is 14.8. The van der Waals surface area contributed by atoms with Crippen LogP contribution in [0.3, 0.4) is 0 Å². The minimum atomic E-state index is -3.69. The van der Waals surface area contributed by atoms with Crippen LogP contribution >= 0.6 is 0 Å². The molecular weight excluding hydrogens is 312 g/mol. The zero-order chi connectivity index (χ0) is 17.5. The Balaban J connectivity index is 2.57. The number of rotatable bonds is 3. The van der Waals surface area contributed by atoms with Crippen LogP contribution in [0, 0.1) is 27.7 Å². The second-order valence-corrected chi connectivity index (χ2v) is 8.42. The number of carbonyl (C=O) groups excluding carboxylic acids is 1. The van der Waals surface area contributed by atoms with Crippen molar-refractivity contribution in [1.29, 1.82) is 0 Å². The highest BCUT2D eigenvalue weighted by atomic mass is 32.2. The van der Waals surface area contributed by atoms with E-state index in [9.17, 15) is 13.2 Å². The normalized spacial score (nSPS) is 19.1. The predicted molar refractivity (Wildman–Crippen MR) is 91.0 cm³/mol. The van der Waals surface area contributed by atoms with Crippen molar-refractivity contribution in [1.82, 2.24) is 9.21 Å². The molecule has 5 nitrogen and oxygen atoms in total. The van der Waals surface area contributed by atoms with Crippen molar-refractivity contribution < 1.29 is 13.2 Å². The molecule has 0 saturated carbocycles. The van der Waals surface area contributed by atoms with Gasteiger partial charge in [0.05, 0.1) is 4.90 Å². The fourth-order valence-corrected chi connectivity index (χ4v) is 5.49. The van der Waals surface area contributed by atoms with Crippen molar-refractivity contribution in [2.45, 2.75) is 51.5 Å². The van der Waals surface area contributed by atoms with Crippen LogP contribution in [0.1, 0.15) is 35.1 Å². The quantitative estimate of drug-likeness (QED) is 0.849. The molecule has 1 atom stereocenters. The summed E-state index contributed by atoms with van der Waals surface area (Å²) in [4.78, 5) is 14.2. The molecule has 1 aliphatic rings. The Morgan fingerprint density at radius 2 is 1.65 bits per heavy atom. The first-order valence-electron chi connectivity index (χ1n) is 7.89. The summed E-state index contributed by atoms with van der Waals surface area (Å²) in [6.45, 7) is 7.93. The first-order valence-corrected chi connectivity index (χ1v) is 9.33. The number of carbonyl (C=O) groups is 1. The van der Waals surface area contributed by atoms with Gasteiger partial charge in [-0.15, -0.1) is 0 Å². The number of nitrogens with zero attached hydrogens (tertiary/aromatic N) is 2. The van der Waals surface area contributed by atoms with Crippen LogP contribution in [0.25, 0.3) is 0 Å². The predicted octanol–water partition coefficient (Wildman–Crippen LogP) is 2.16. The summed E-state index contributed by atoms with van der Waals surface area (Å²) >= 11 is 0. The SMILES string of the molecule is Cc1cc(C)c(C)c(S(=O)(=O)N2CCCC2C(=O)N(C)C)c1C. The molecule has 0 aromatic heterocycles. The van der Waals surface area contributed by atoms with E-state index in [1.165, 1.54) is 9.21 Å². The molecule has 1 aromatic rings. The lowest BCUT2D eigenvalue weighted by Gasteiger charge is -2.27. The molecule has 2 rings (SSSR count). The van der Waals surface area contributed by atoms with E-state index in [0.29, 0.717) is 24.3 Å². The fraction of sp³-hybridized carbons (Fsp3) is 0.588. The van der Waals surface area contributed by atoms with Gasteiger partial charge in [-0.2, -0.15) is 4.31 Å². The molecule has 1 aliphatic heterocycles. The number of likely N-dealkylation sites (N-methyl/N-ethyl adjacent to an activating group) is 1. The molecule has 1 heterocycles. The standard InChI is InChI=1S/C17H26N2O3S/c1-11-10-12(2)14(4)16(13(11)3)23(21,22)19-9-7-8-15(19)17(20)18(5)6/h10,15H,7-9H2,1-6H3. The van der Waals surface area contributed by atoms with E-state index in [4.69, 9.17) is 0 Å². The van der Waals surface area contributed by atoms with Gasteiger partial charge >= 0.3 is 0 Å². The van der Waals surface area contributed by atoms with E-state index < -0.39 is 16.1 Å². The largest absolute Gasteiger partial charge is 0.347 e. The van der Waals surface area contributed by atoms with Gasteiger partial charge in [0.25, 0.3) is 0 Å².